The van der Waals surface area contributed by atoms with Gasteiger partial charge < -0.3 is 10.2 Å². The van der Waals surface area contributed by atoms with Gasteiger partial charge in [-0.15, -0.1) is 0 Å². The van der Waals surface area contributed by atoms with Gasteiger partial charge in [0.1, 0.15) is 11.9 Å². The first kappa shape index (κ1) is 26.3. The van der Waals surface area contributed by atoms with Crippen LogP contribution in [0.15, 0.2) is 40.2 Å². The number of piperazine rings is 1. The minimum Gasteiger partial charge on any atom is -0.378 e. The quantitative estimate of drug-likeness (QED) is 0.537. The Bertz CT molecular complexity index is 1350. The second-order valence-electron chi connectivity index (χ2n) is 9.46. The molecule has 1 fully saturated rings. The van der Waals surface area contributed by atoms with Crippen molar-refractivity contribution < 1.29 is 4.39 Å². The molecule has 1 aliphatic carbocycles. The van der Waals surface area contributed by atoms with E-state index in [1.54, 1.807) is 43.3 Å². The molecule has 4 rings (SSSR count). The Labute approximate surface area is 221 Å². The van der Waals surface area contributed by atoms with E-state index < -0.39 is 0 Å². The van der Waals surface area contributed by atoms with Crippen molar-refractivity contribution in [2.75, 3.05) is 36.1 Å². The number of halogens is 2. The lowest BCUT2D eigenvalue weighted by molar-refractivity contribution is 0.332. The van der Waals surface area contributed by atoms with Crippen molar-refractivity contribution in [3.63, 3.8) is 0 Å². The summed E-state index contributed by atoms with van der Waals surface area (Å²) in [7, 11) is 1.66. The van der Waals surface area contributed by atoms with Gasteiger partial charge in [-0.1, -0.05) is 35.2 Å². The summed E-state index contributed by atoms with van der Waals surface area (Å²) in [6.07, 6.45) is 6.12. The van der Waals surface area contributed by atoms with Crippen LogP contribution in [0.3, 0.4) is 0 Å². The first-order valence-electron chi connectivity index (χ1n) is 12.0. The van der Waals surface area contributed by atoms with Gasteiger partial charge in [-0.2, -0.15) is 5.26 Å². The Kier molecular flexibility index (Phi) is 7.84. The molecular formula is C27H31ClFN5OS. The molecule has 0 saturated carbocycles. The molecule has 2 aromatic rings. The van der Waals surface area contributed by atoms with Crippen LogP contribution in [-0.2, 0) is 13.5 Å². The molecule has 36 heavy (non-hydrogen) atoms. The van der Waals surface area contributed by atoms with Crippen molar-refractivity contribution in [3.05, 3.63) is 73.3 Å². The molecule has 0 bridgehead atoms. The van der Waals surface area contributed by atoms with E-state index in [0.29, 0.717) is 52.7 Å². The van der Waals surface area contributed by atoms with Gasteiger partial charge in [-0.25, -0.2) is 8.70 Å². The van der Waals surface area contributed by atoms with Gasteiger partial charge in [-0.3, -0.25) is 9.36 Å². The second kappa shape index (κ2) is 10.7. The minimum atomic E-state index is -0.342. The van der Waals surface area contributed by atoms with Crippen LogP contribution in [0.4, 0.5) is 15.9 Å². The van der Waals surface area contributed by atoms with E-state index in [0.717, 1.165) is 17.7 Å². The van der Waals surface area contributed by atoms with E-state index in [1.165, 1.54) is 4.57 Å². The third-order valence-corrected chi connectivity index (χ3v) is 8.18. The lowest BCUT2D eigenvalue weighted by atomic mass is 9.97. The molecule has 0 radical (unpaired) electrons. The minimum absolute atomic E-state index is 0.194. The monoisotopic (exact) mass is 527 g/mol. The molecule has 0 unspecified atom stereocenters. The number of anilines is 2. The maximum absolute atomic E-state index is 16.3. The molecule has 1 saturated heterocycles. The predicted molar refractivity (Wildman–Crippen MR) is 148 cm³/mol. The number of pyridine rings is 1. The molecule has 1 N–H and O–H groups in total. The number of nitrogens with one attached hydrogen (secondary N) is 1. The highest BCUT2D eigenvalue weighted by Gasteiger charge is 2.30. The zero-order valence-corrected chi connectivity index (χ0v) is 22.8. The fraction of sp³-hybridized carbons (Fsp3) is 0.407. The first-order valence-corrected chi connectivity index (χ1v) is 13.5. The fourth-order valence-electron chi connectivity index (χ4n) is 5.04. The van der Waals surface area contributed by atoms with Crippen molar-refractivity contribution in [2.45, 2.75) is 39.3 Å². The molecule has 1 aromatic heterocycles. The second-order valence-corrected chi connectivity index (χ2v) is 10.7. The average Bonchev–Trinajstić information content (AvgIpc) is 3.03. The molecule has 9 heteroatoms. The summed E-state index contributed by atoms with van der Waals surface area (Å²) in [6.45, 7) is 8.10. The molecule has 6 nitrogen and oxygen atoms in total. The van der Waals surface area contributed by atoms with E-state index in [1.807, 2.05) is 31.1 Å². The topological polar surface area (TPSA) is 64.3 Å². The third-order valence-electron chi connectivity index (χ3n) is 6.94. The van der Waals surface area contributed by atoms with Crippen LogP contribution in [0.25, 0.3) is 6.08 Å². The molecule has 0 spiro atoms. The highest BCUT2D eigenvalue weighted by molar-refractivity contribution is 7.96. The van der Waals surface area contributed by atoms with Crippen LogP contribution in [0, 0.1) is 17.1 Å². The number of aromatic nitrogens is 1. The van der Waals surface area contributed by atoms with Crippen LogP contribution in [0.5, 0.6) is 0 Å². The van der Waals surface area contributed by atoms with Gasteiger partial charge in [0.25, 0.3) is 5.56 Å². The number of rotatable bonds is 5. The third kappa shape index (κ3) is 5.06. The van der Waals surface area contributed by atoms with Crippen LogP contribution >= 0.6 is 23.5 Å². The fourth-order valence-corrected chi connectivity index (χ4v) is 5.90. The molecule has 2 atom stereocenters. The van der Waals surface area contributed by atoms with Crippen LogP contribution in [-0.4, -0.2) is 46.8 Å². The summed E-state index contributed by atoms with van der Waals surface area (Å²) >= 11 is 7.74. The molecule has 2 heterocycles. The number of benzene rings is 1. The maximum Gasteiger partial charge on any atom is 0.259 e. The van der Waals surface area contributed by atoms with Crippen molar-refractivity contribution >= 4 is 41.1 Å². The van der Waals surface area contributed by atoms with Gasteiger partial charge >= 0.3 is 0 Å². The lowest BCUT2D eigenvalue weighted by Crippen LogP contribution is -2.50. The largest absolute Gasteiger partial charge is 0.378 e. The highest BCUT2D eigenvalue weighted by atomic mass is 35.5. The Balaban J connectivity index is 1.71. The van der Waals surface area contributed by atoms with E-state index in [2.05, 4.69) is 22.6 Å². The van der Waals surface area contributed by atoms with Crippen LogP contribution < -0.4 is 15.8 Å². The standard InChI is InChI=1S/C27H31ClFN5OS/c1-16-10-19(18(3)31-24-7-6-21(28)12-20(24)14-30)13-22-23(11-16)27(35)32(4)26(25(22)29)33-8-9-34(36-5)17(2)15-33/h6-7,10-12,17-18,31H,8-9,13,15H2,1-5H3/t17-,18-/m1/s1. The van der Waals surface area contributed by atoms with Crippen molar-refractivity contribution in [1.29, 1.82) is 5.26 Å². The van der Waals surface area contributed by atoms with E-state index in [9.17, 15) is 10.1 Å². The zero-order chi connectivity index (χ0) is 26.1. The molecule has 0 amide bonds. The number of hydrogen-bond donors (Lipinski definition) is 1. The van der Waals surface area contributed by atoms with E-state index >= 15 is 4.39 Å². The Hall–Kier alpha value is -2.73. The summed E-state index contributed by atoms with van der Waals surface area (Å²) in [5.74, 6) is 0.00824. The molecule has 1 aromatic carbocycles. The molecular weight excluding hydrogens is 497 g/mol. The molecule has 2 aliphatic rings. The van der Waals surface area contributed by atoms with Gasteiger partial charge in [0.15, 0.2) is 5.82 Å². The average molecular weight is 528 g/mol. The summed E-state index contributed by atoms with van der Waals surface area (Å²) in [5.41, 5.74) is 3.53. The van der Waals surface area contributed by atoms with Crippen LogP contribution in [0.1, 0.15) is 37.5 Å². The lowest BCUT2D eigenvalue weighted by Gasteiger charge is -2.40. The Morgan fingerprint density at radius 2 is 2.06 bits per heavy atom. The van der Waals surface area contributed by atoms with Gasteiger partial charge in [0.2, 0.25) is 0 Å². The predicted octanol–water partition coefficient (Wildman–Crippen LogP) is 5.22. The summed E-state index contributed by atoms with van der Waals surface area (Å²) in [5, 5.41) is 13.4. The number of allylic oxidation sites excluding steroid dienone is 2. The smallest absolute Gasteiger partial charge is 0.259 e. The summed E-state index contributed by atoms with van der Waals surface area (Å²) < 4.78 is 20.0. The van der Waals surface area contributed by atoms with Gasteiger partial charge in [-0.05, 0) is 63.3 Å². The SMILES string of the molecule is CSN1CCN(c2c(F)c3c(c(=O)n2C)C=C(C)C=C([C@@H](C)Nc2ccc(Cl)cc2C#N)C3)C[C@H]1C. The summed E-state index contributed by atoms with van der Waals surface area (Å²) in [4.78, 5) is 15.4. The van der Waals surface area contributed by atoms with E-state index in [4.69, 9.17) is 11.6 Å². The highest BCUT2D eigenvalue weighted by Crippen LogP contribution is 2.32. The first-order chi connectivity index (χ1) is 17.1. The molecule has 1 aliphatic heterocycles. The van der Waals surface area contributed by atoms with Crippen molar-refractivity contribution in [3.8, 4) is 6.07 Å². The number of nitrogens with zero attached hydrogens (tertiary/aromatic N) is 4. The number of hydrogen-bond acceptors (Lipinski definition) is 6. The van der Waals surface area contributed by atoms with Crippen LogP contribution in [0.2, 0.25) is 5.02 Å². The normalized spacial score (nSPS) is 19.1. The van der Waals surface area contributed by atoms with Gasteiger partial charge in [0, 0.05) is 54.9 Å². The van der Waals surface area contributed by atoms with Gasteiger partial charge in [0.05, 0.1) is 11.3 Å². The summed E-state index contributed by atoms with van der Waals surface area (Å²) in [6, 6.07) is 7.32. The maximum atomic E-state index is 16.3. The number of fused-ring (bicyclic) bond motifs is 1. The Morgan fingerprint density at radius 3 is 2.72 bits per heavy atom. The molecule has 190 valence electrons. The van der Waals surface area contributed by atoms with Crippen molar-refractivity contribution in [2.24, 2.45) is 7.05 Å². The Morgan fingerprint density at radius 1 is 1.31 bits per heavy atom. The number of nitriles is 1. The zero-order valence-electron chi connectivity index (χ0n) is 21.2. The van der Waals surface area contributed by atoms with Crippen molar-refractivity contribution in [1.82, 2.24) is 8.87 Å². The van der Waals surface area contributed by atoms with E-state index in [-0.39, 0.29) is 23.5 Å².